The fourth-order valence-corrected chi connectivity index (χ4v) is 2.70. The average Bonchev–Trinajstić information content (AvgIpc) is 2.71. The molecule has 3 aromatic rings. The van der Waals surface area contributed by atoms with Gasteiger partial charge in [0.1, 0.15) is 5.69 Å². The van der Waals surface area contributed by atoms with E-state index in [4.69, 9.17) is 0 Å². The summed E-state index contributed by atoms with van der Waals surface area (Å²) >= 11 is 0. The number of hydrogen-bond acceptors (Lipinski definition) is 3. The van der Waals surface area contributed by atoms with Crippen molar-refractivity contribution in [2.45, 2.75) is 18.9 Å². The highest BCUT2D eigenvalue weighted by Gasteiger charge is 2.36. The third kappa shape index (κ3) is 4.94. The van der Waals surface area contributed by atoms with Gasteiger partial charge in [-0.3, -0.25) is 9.78 Å². The van der Waals surface area contributed by atoms with Crippen molar-refractivity contribution in [3.63, 3.8) is 0 Å². The van der Waals surface area contributed by atoms with Gasteiger partial charge in [-0.05, 0) is 23.8 Å². The maximum absolute atomic E-state index is 13.0. The Bertz CT molecular complexity index is 1020. The highest BCUT2D eigenvalue weighted by Crippen LogP contribution is 2.36. The monoisotopic (exact) mass is 425 g/mol. The summed E-state index contributed by atoms with van der Waals surface area (Å²) in [7, 11) is 0. The molecule has 1 N–H and O–H groups in total. The Hall–Kier alpha value is -3.43. The molecule has 4 nitrogen and oxygen atoms in total. The fraction of sp³-hybridized carbons (Fsp3) is 0.150. The SMILES string of the molecule is O=C(NCc1cc(C(F)(F)F)cc(C(F)(F)F)c1)c1nccnc1-c1ccccc1. The van der Waals surface area contributed by atoms with Crippen LogP contribution < -0.4 is 5.32 Å². The Kier molecular flexibility index (Phi) is 5.77. The van der Waals surface area contributed by atoms with Crippen LogP contribution >= 0.6 is 0 Å². The molecule has 1 heterocycles. The third-order valence-corrected chi connectivity index (χ3v) is 4.06. The van der Waals surface area contributed by atoms with Crippen LogP contribution in [-0.2, 0) is 18.9 Å². The molecule has 0 saturated heterocycles. The Balaban J connectivity index is 1.87. The van der Waals surface area contributed by atoms with Crippen LogP contribution in [0.15, 0.2) is 60.9 Å². The first-order valence-corrected chi connectivity index (χ1v) is 8.48. The highest BCUT2D eigenvalue weighted by molar-refractivity contribution is 5.97. The number of benzene rings is 2. The molecule has 0 spiro atoms. The number of amides is 1. The van der Waals surface area contributed by atoms with Crippen molar-refractivity contribution >= 4 is 5.91 Å². The number of carbonyl (C=O) groups excluding carboxylic acids is 1. The molecule has 0 unspecified atom stereocenters. The smallest absolute Gasteiger partial charge is 0.347 e. The van der Waals surface area contributed by atoms with Gasteiger partial charge in [0, 0.05) is 24.5 Å². The van der Waals surface area contributed by atoms with Crippen LogP contribution in [0.2, 0.25) is 0 Å². The zero-order chi connectivity index (χ0) is 21.9. The lowest BCUT2D eigenvalue weighted by atomic mass is 10.0. The number of rotatable bonds is 4. The van der Waals surface area contributed by atoms with Crippen molar-refractivity contribution in [2.24, 2.45) is 0 Å². The summed E-state index contributed by atoms with van der Waals surface area (Å²) in [6.45, 7) is -0.559. The van der Waals surface area contributed by atoms with Crippen molar-refractivity contribution in [1.29, 1.82) is 0 Å². The minimum atomic E-state index is -4.97. The Labute approximate surface area is 166 Å². The number of hydrogen-bond donors (Lipinski definition) is 1. The van der Waals surface area contributed by atoms with E-state index in [-0.39, 0.29) is 23.0 Å². The second-order valence-electron chi connectivity index (χ2n) is 6.22. The van der Waals surface area contributed by atoms with Crippen LogP contribution in [0.25, 0.3) is 11.3 Å². The minimum Gasteiger partial charge on any atom is -0.347 e. The summed E-state index contributed by atoms with van der Waals surface area (Å²) in [6, 6.07) is 9.70. The van der Waals surface area contributed by atoms with Gasteiger partial charge in [0.25, 0.3) is 5.91 Å². The summed E-state index contributed by atoms with van der Waals surface area (Å²) in [5, 5.41) is 2.31. The number of aromatic nitrogens is 2. The molecule has 1 aromatic heterocycles. The van der Waals surface area contributed by atoms with Crippen LogP contribution in [0.4, 0.5) is 26.3 Å². The number of alkyl halides is 6. The molecule has 0 saturated carbocycles. The number of nitrogens with one attached hydrogen (secondary N) is 1. The van der Waals surface area contributed by atoms with Crippen molar-refractivity contribution in [3.8, 4) is 11.3 Å². The van der Waals surface area contributed by atoms with E-state index in [0.717, 1.165) is 0 Å². The van der Waals surface area contributed by atoms with Crippen LogP contribution in [0.5, 0.6) is 0 Å². The molecule has 10 heteroatoms. The highest BCUT2D eigenvalue weighted by atomic mass is 19.4. The first-order valence-electron chi connectivity index (χ1n) is 8.48. The molecule has 0 aliphatic carbocycles. The normalized spacial score (nSPS) is 11.9. The number of carbonyl (C=O) groups is 1. The van der Waals surface area contributed by atoms with Crippen LogP contribution in [0, 0.1) is 0 Å². The average molecular weight is 425 g/mol. The number of nitrogens with zero attached hydrogens (tertiary/aromatic N) is 2. The quantitative estimate of drug-likeness (QED) is 0.591. The first kappa shape index (κ1) is 21.3. The predicted octanol–water partition coefficient (Wildman–Crippen LogP) is 5.11. The van der Waals surface area contributed by atoms with Gasteiger partial charge in [-0.15, -0.1) is 0 Å². The molecule has 1 amide bonds. The zero-order valence-electron chi connectivity index (χ0n) is 15.1. The van der Waals surface area contributed by atoms with Crippen molar-refractivity contribution in [3.05, 3.63) is 83.3 Å². The maximum atomic E-state index is 13.0. The van der Waals surface area contributed by atoms with E-state index in [1.807, 2.05) is 0 Å². The standard InChI is InChI=1S/C20H13F6N3O/c21-19(22,23)14-8-12(9-15(10-14)20(24,25)26)11-29-18(30)17-16(27-6-7-28-17)13-4-2-1-3-5-13/h1-10H,11H2,(H,29,30). The molecule has 30 heavy (non-hydrogen) atoms. The molecule has 2 aromatic carbocycles. The summed E-state index contributed by atoms with van der Waals surface area (Å²) in [6.07, 6.45) is -7.31. The maximum Gasteiger partial charge on any atom is 0.416 e. The molecule has 0 aliphatic heterocycles. The van der Waals surface area contributed by atoms with E-state index in [2.05, 4.69) is 15.3 Å². The fourth-order valence-electron chi connectivity index (χ4n) is 2.70. The van der Waals surface area contributed by atoms with Gasteiger partial charge >= 0.3 is 12.4 Å². The molecule has 0 aliphatic rings. The largest absolute Gasteiger partial charge is 0.416 e. The van der Waals surface area contributed by atoms with Gasteiger partial charge in [-0.25, -0.2) is 4.98 Å². The van der Waals surface area contributed by atoms with Gasteiger partial charge in [0.05, 0.1) is 11.1 Å². The lowest BCUT2D eigenvalue weighted by Crippen LogP contribution is -2.25. The lowest BCUT2D eigenvalue weighted by molar-refractivity contribution is -0.143. The van der Waals surface area contributed by atoms with E-state index in [1.54, 1.807) is 30.3 Å². The van der Waals surface area contributed by atoms with Crippen molar-refractivity contribution in [1.82, 2.24) is 15.3 Å². The van der Waals surface area contributed by atoms with Gasteiger partial charge in [0.2, 0.25) is 0 Å². The van der Waals surface area contributed by atoms with E-state index in [1.165, 1.54) is 12.4 Å². The van der Waals surface area contributed by atoms with Crippen molar-refractivity contribution in [2.75, 3.05) is 0 Å². The molecule has 0 bridgehead atoms. The third-order valence-electron chi connectivity index (χ3n) is 4.06. The molecule has 0 radical (unpaired) electrons. The van der Waals surface area contributed by atoms with Gasteiger partial charge in [-0.2, -0.15) is 26.3 Å². The Morgan fingerprint density at radius 2 is 1.40 bits per heavy atom. The molecular formula is C20H13F6N3O. The molecular weight excluding hydrogens is 412 g/mol. The molecule has 156 valence electrons. The second kappa shape index (κ2) is 8.13. The van der Waals surface area contributed by atoms with Gasteiger partial charge in [0.15, 0.2) is 5.69 Å². The van der Waals surface area contributed by atoms with Crippen LogP contribution in [0.1, 0.15) is 27.2 Å². The first-order chi connectivity index (χ1) is 14.1. The van der Waals surface area contributed by atoms with E-state index < -0.39 is 35.9 Å². The van der Waals surface area contributed by atoms with E-state index in [9.17, 15) is 31.1 Å². The van der Waals surface area contributed by atoms with Crippen LogP contribution in [0.3, 0.4) is 0 Å². The van der Waals surface area contributed by atoms with Crippen molar-refractivity contribution < 1.29 is 31.1 Å². The van der Waals surface area contributed by atoms with Gasteiger partial charge in [-0.1, -0.05) is 30.3 Å². The summed E-state index contributed by atoms with van der Waals surface area (Å²) in [4.78, 5) is 20.6. The summed E-state index contributed by atoms with van der Waals surface area (Å²) in [5.74, 6) is -0.784. The van der Waals surface area contributed by atoms with E-state index >= 15 is 0 Å². The zero-order valence-corrected chi connectivity index (χ0v) is 15.1. The minimum absolute atomic E-state index is 0.0293. The van der Waals surface area contributed by atoms with Crippen LogP contribution in [-0.4, -0.2) is 15.9 Å². The topological polar surface area (TPSA) is 54.9 Å². The summed E-state index contributed by atoms with van der Waals surface area (Å²) in [5.41, 5.74) is -2.55. The second-order valence-corrected chi connectivity index (χ2v) is 6.22. The number of halogens is 6. The lowest BCUT2D eigenvalue weighted by Gasteiger charge is -2.15. The predicted molar refractivity (Wildman–Crippen MR) is 95.1 cm³/mol. The Morgan fingerprint density at radius 3 is 1.97 bits per heavy atom. The molecule has 3 rings (SSSR count). The Morgan fingerprint density at radius 1 is 0.833 bits per heavy atom. The van der Waals surface area contributed by atoms with E-state index in [0.29, 0.717) is 17.7 Å². The molecule has 0 atom stereocenters. The van der Waals surface area contributed by atoms with Gasteiger partial charge < -0.3 is 5.32 Å². The summed E-state index contributed by atoms with van der Waals surface area (Å²) < 4.78 is 77.8. The molecule has 0 fully saturated rings.